The Morgan fingerprint density at radius 3 is 2.50 bits per heavy atom. The summed E-state index contributed by atoms with van der Waals surface area (Å²) in [5, 5.41) is 0. The Bertz CT molecular complexity index is 123. The van der Waals surface area contributed by atoms with Gasteiger partial charge in [-0.05, 0) is 12.8 Å². The topological polar surface area (TPSA) is 35.5 Å². The molecular formula is C9H18O3. The van der Waals surface area contributed by atoms with Gasteiger partial charge in [0.15, 0.2) is 6.10 Å². The zero-order chi connectivity index (χ0) is 9.40. The number of esters is 1. The molecule has 0 spiro atoms. The van der Waals surface area contributed by atoms with E-state index in [0.717, 1.165) is 12.8 Å². The molecule has 0 heterocycles. The average molecular weight is 174 g/mol. The Labute approximate surface area is 74.0 Å². The van der Waals surface area contributed by atoms with Gasteiger partial charge in [-0.2, -0.15) is 0 Å². The van der Waals surface area contributed by atoms with Gasteiger partial charge >= 0.3 is 5.97 Å². The van der Waals surface area contributed by atoms with Gasteiger partial charge in [0.2, 0.25) is 0 Å². The Balaban J connectivity index is 3.60. The number of carbonyl (C=O) groups excluding carboxylic acids is 1. The summed E-state index contributed by atoms with van der Waals surface area (Å²) in [6.45, 7) is 4.64. The molecule has 1 atom stereocenters. The molecule has 0 aromatic rings. The third-order valence-electron chi connectivity index (χ3n) is 1.65. The van der Waals surface area contributed by atoms with Crippen molar-refractivity contribution in [1.82, 2.24) is 0 Å². The minimum atomic E-state index is -0.374. The number of carbonyl (C=O) groups is 1. The molecule has 0 saturated heterocycles. The second kappa shape index (κ2) is 7.10. The van der Waals surface area contributed by atoms with Gasteiger partial charge in [-0.15, -0.1) is 0 Å². The van der Waals surface area contributed by atoms with Crippen LogP contribution in [0, 0.1) is 0 Å². The molecule has 3 heteroatoms. The smallest absolute Gasteiger partial charge is 0.334 e. The van der Waals surface area contributed by atoms with Crippen LogP contribution in [-0.4, -0.2) is 25.8 Å². The van der Waals surface area contributed by atoms with E-state index in [9.17, 15) is 4.79 Å². The standard InChI is InChI=1S/C9H18O3/c1-4-6-7-12-8(5-2)9(10)11-3/h8H,4-7H2,1-3H3. The van der Waals surface area contributed by atoms with Crippen molar-refractivity contribution in [3.05, 3.63) is 0 Å². The molecule has 0 rings (SSSR count). The first-order valence-electron chi connectivity index (χ1n) is 4.45. The number of rotatable bonds is 6. The number of unbranched alkanes of at least 4 members (excludes halogenated alkanes) is 1. The fourth-order valence-electron chi connectivity index (χ4n) is 0.854. The lowest BCUT2D eigenvalue weighted by molar-refractivity contribution is -0.154. The zero-order valence-electron chi connectivity index (χ0n) is 8.13. The van der Waals surface area contributed by atoms with E-state index in [1.54, 1.807) is 0 Å². The van der Waals surface area contributed by atoms with Crippen molar-refractivity contribution >= 4 is 5.97 Å². The van der Waals surface area contributed by atoms with E-state index < -0.39 is 0 Å². The molecule has 0 amide bonds. The third-order valence-corrected chi connectivity index (χ3v) is 1.65. The summed E-state index contributed by atoms with van der Waals surface area (Å²) in [5.74, 6) is -0.270. The third kappa shape index (κ3) is 4.34. The fraction of sp³-hybridized carbons (Fsp3) is 0.889. The Hall–Kier alpha value is -0.570. The van der Waals surface area contributed by atoms with Crippen molar-refractivity contribution < 1.29 is 14.3 Å². The number of hydrogen-bond acceptors (Lipinski definition) is 3. The Morgan fingerprint density at radius 2 is 2.08 bits per heavy atom. The van der Waals surface area contributed by atoms with Gasteiger partial charge in [-0.3, -0.25) is 0 Å². The maximum Gasteiger partial charge on any atom is 0.334 e. The quantitative estimate of drug-likeness (QED) is 0.454. The van der Waals surface area contributed by atoms with Crippen molar-refractivity contribution in [2.45, 2.75) is 39.2 Å². The average Bonchev–Trinajstić information content (AvgIpc) is 2.11. The molecule has 0 aliphatic heterocycles. The van der Waals surface area contributed by atoms with E-state index >= 15 is 0 Å². The summed E-state index contributed by atoms with van der Waals surface area (Å²) < 4.78 is 9.88. The molecule has 12 heavy (non-hydrogen) atoms. The van der Waals surface area contributed by atoms with Crippen molar-refractivity contribution in [2.75, 3.05) is 13.7 Å². The van der Waals surface area contributed by atoms with Crippen LogP contribution in [0.5, 0.6) is 0 Å². The van der Waals surface area contributed by atoms with Crippen molar-refractivity contribution in [3.63, 3.8) is 0 Å². The molecular weight excluding hydrogens is 156 g/mol. The maximum atomic E-state index is 11.0. The van der Waals surface area contributed by atoms with E-state index in [1.165, 1.54) is 7.11 Å². The predicted molar refractivity (Wildman–Crippen MR) is 47.0 cm³/mol. The van der Waals surface area contributed by atoms with Gasteiger partial charge in [-0.1, -0.05) is 20.3 Å². The minimum absolute atomic E-state index is 0.270. The van der Waals surface area contributed by atoms with E-state index in [4.69, 9.17) is 4.74 Å². The highest BCUT2D eigenvalue weighted by Gasteiger charge is 2.16. The van der Waals surface area contributed by atoms with E-state index in [0.29, 0.717) is 13.0 Å². The summed E-state index contributed by atoms with van der Waals surface area (Å²) in [6, 6.07) is 0. The summed E-state index contributed by atoms with van der Waals surface area (Å²) >= 11 is 0. The lowest BCUT2D eigenvalue weighted by atomic mass is 10.3. The molecule has 0 saturated carbocycles. The SMILES string of the molecule is CCCCOC(CC)C(=O)OC. The predicted octanol–water partition coefficient (Wildman–Crippen LogP) is 1.75. The second-order valence-electron chi connectivity index (χ2n) is 2.64. The Kier molecular flexibility index (Phi) is 6.76. The zero-order valence-corrected chi connectivity index (χ0v) is 8.13. The molecule has 72 valence electrons. The lowest BCUT2D eigenvalue weighted by Gasteiger charge is -2.12. The van der Waals surface area contributed by atoms with Crippen LogP contribution in [0.25, 0.3) is 0 Å². The first-order chi connectivity index (χ1) is 5.76. The van der Waals surface area contributed by atoms with Crippen LogP contribution in [0.1, 0.15) is 33.1 Å². The lowest BCUT2D eigenvalue weighted by Crippen LogP contribution is -2.25. The molecule has 1 unspecified atom stereocenters. The molecule has 3 nitrogen and oxygen atoms in total. The van der Waals surface area contributed by atoms with Crippen LogP contribution in [0.15, 0.2) is 0 Å². The van der Waals surface area contributed by atoms with Gasteiger partial charge < -0.3 is 9.47 Å². The highest BCUT2D eigenvalue weighted by atomic mass is 16.6. The van der Waals surface area contributed by atoms with Crippen LogP contribution < -0.4 is 0 Å². The first kappa shape index (κ1) is 11.4. The fourth-order valence-corrected chi connectivity index (χ4v) is 0.854. The first-order valence-corrected chi connectivity index (χ1v) is 4.45. The van der Waals surface area contributed by atoms with Gasteiger partial charge in [0.05, 0.1) is 7.11 Å². The summed E-state index contributed by atoms with van der Waals surface area (Å²) in [5.41, 5.74) is 0. The van der Waals surface area contributed by atoms with Crippen molar-refractivity contribution in [3.8, 4) is 0 Å². The Morgan fingerprint density at radius 1 is 1.42 bits per heavy atom. The van der Waals surface area contributed by atoms with E-state index in [1.807, 2.05) is 6.92 Å². The molecule has 0 fully saturated rings. The van der Waals surface area contributed by atoms with Gasteiger partial charge in [-0.25, -0.2) is 4.79 Å². The highest BCUT2D eigenvalue weighted by Crippen LogP contribution is 2.01. The van der Waals surface area contributed by atoms with Gasteiger partial charge in [0.25, 0.3) is 0 Å². The molecule has 0 N–H and O–H groups in total. The number of ether oxygens (including phenoxy) is 2. The van der Waals surface area contributed by atoms with Crippen LogP contribution in [-0.2, 0) is 14.3 Å². The van der Waals surface area contributed by atoms with Crippen LogP contribution in [0.4, 0.5) is 0 Å². The number of methoxy groups -OCH3 is 1. The van der Waals surface area contributed by atoms with Crippen molar-refractivity contribution in [1.29, 1.82) is 0 Å². The largest absolute Gasteiger partial charge is 0.467 e. The van der Waals surface area contributed by atoms with Gasteiger partial charge in [0, 0.05) is 6.61 Å². The normalized spacial score (nSPS) is 12.6. The monoisotopic (exact) mass is 174 g/mol. The molecule has 0 aromatic carbocycles. The molecule has 0 aliphatic carbocycles. The van der Waals surface area contributed by atoms with Crippen LogP contribution in [0.3, 0.4) is 0 Å². The molecule has 0 radical (unpaired) electrons. The van der Waals surface area contributed by atoms with Crippen LogP contribution >= 0.6 is 0 Å². The van der Waals surface area contributed by atoms with Crippen LogP contribution in [0.2, 0.25) is 0 Å². The summed E-state index contributed by atoms with van der Waals surface area (Å²) in [6.07, 6.45) is 2.38. The summed E-state index contributed by atoms with van der Waals surface area (Å²) in [4.78, 5) is 11.0. The van der Waals surface area contributed by atoms with Gasteiger partial charge in [0.1, 0.15) is 0 Å². The molecule has 0 bridgehead atoms. The number of hydrogen-bond donors (Lipinski definition) is 0. The highest BCUT2D eigenvalue weighted by molar-refractivity contribution is 5.74. The van der Waals surface area contributed by atoms with E-state index in [2.05, 4.69) is 11.7 Å². The maximum absolute atomic E-state index is 11.0. The summed E-state index contributed by atoms with van der Waals surface area (Å²) in [7, 11) is 1.38. The second-order valence-corrected chi connectivity index (χ2v) is 2.64. The molecule has 0 aromatic heterocycles. The van der Waals surface area contributed by atoms with Crippen molar-refractivity contribution in [2.24, 2.45) is 0 Å². The molecule has 0 aliphatic rings. The minimum Gasteiger partial charge on any atom is -0.467 e. The van der Waals surface area contributed by atoms with E-state index in [-0.39, 0.29) is 12.1 Å².